The number of alkyl halides is 2. The minimum absolute atomic E-state index is 0.0160. The van der Waals surface area contributed by atoms with E-state index in [4.69, 9.17) is 0 Å². The molecule has 116 valence electrons. The number of carbonyl (C=O) groups excluding carboxylic acids is 1. The van der Waals surface area contributed by atoms with Gasteiger partial charge in [-0.15, -0.1) is 0 Å². The van der Waals surface area contributed by atoms with E-state index in [1.165, 1.54) is 0 Å². The Kier molecular flexibility index (Phi) is 4.38. The Hall–Kier alpha value is -0.710. The van der Waals surface area contributed by atoms with Gasteiger partial charge in [-0.2, -0.15) is 0 Å². The lowest BCUT2D eigenvalue weighted by Crippen LogP contribution is -2.52. The van der Waals surface area contributed by atoms with Crippen LogP contribution in [0.15, 0.2) is 0 Å². The highest BCUT2D eigenvalue weighted by Crippen LogP contribution is 2.32. The van der Waals surface area contributed by atoms with Gasteiger partial charge >= 0.3 is 0 Å². The van der Waals surface area contributed by atoms with Gasteiger partial charge in [0.15, 0.2) is 0 Å². The quantitative estimate of drug-likeness (QED) is 0.780. The predicted molar refractivity (Wildman–Crippen MR) is 74.8 cm³/mol. The Labute approximate surface area is 120 Å². The third kappa shape index (κ3) is 3.68. The summed E-state index contributed by atoms with van der Waals surface area (Å²) in [6.45, 7) is 7.40. The van der Waals surface area contributed by atoms with E-state index in [9.17, 15) is 13.6 Å². The normalized spacial score (nSPS) is 27.9. The average Bonchev–Trinajstić information content (AvgIpc) is 2.67. The standard InChI is InChI=1S/C15H26F2N2O/c1-14(2,3)12-6-4-5-8-19(12)13(20)10-18-9-7-15(16,17)11-18/h12H,4-11H2,1-3H3. The maximum absolute atomic E-state index is 13.2. The van der Waals surface area contributed by atoms with E-state index in [0.717, 1.165) is 25.8 Å². The Morgan fingerprint density at radius 3 is 2.50 bits per heavy atom. The van der Waals surface area contributed by atoms with Crippen molar-refractivity contribution in [3.8, 4) is 0 Å². The van der Waals surface area contributed by atoms with E-state index in [1.807, 2.05) is 4.90 Å². The van der Waals surface area contributed by atoms with Crippen LogP contribution in [-0.4, -0.2) is 53.9 Å². The van der Waals surface area contributed by atoms with Crippen LogP contribution >= 0.6 is 0 Å². The predicted octanol–water partition coefficient (Wildman–Crippen LogP) is 2.75. The van der Waals surface area contributed by atoms with E-state index in [-0.39, 0.29) is 36.9 Å². The number of carbonyl (C=O) groups is 1. The maximum Gasteiger partial charge on any atom is 0.261 e. The number of halogens is 2. The lowest BCUT2D eigenvalue weighted by Gasteiger charge is -2.44. The number of amides is 1. The monoisotopic (exact) mass is 288 g/mol. The Morgan fingerprint density at radius 2 is 1.95 bits per heavy atom. The highest BCUT2D eigenvalue weighted by molar-refractivity contribution is 5.78. The summed E-state index contributed by atoms with van der Waals surface area (Å²) in [6.07, 6.45) is 3.07. The molecule has 2 aliphatic rings. The van der Waals surface area contributed by atoms with E-state index in [2.05, 4.69) is 20.8 Å². The number of hydrogen-bond acceptors (Lipinski definition) is 2. The smallest absolute Gasteiger partial charge is 0.261 e. The van der Waals surface area contributed by atoms with E-state index < -0.39 is 5.92 Å². The fourth-order valence-corrected chi connectivity index (χ4v) is 3.35. The molecule has 3 nitrogen and oxygen atoms in total. The lowest BCUT2D eigenvalue weighted by atomic mass is 9.80. The first-order valence-corrected chi connectivity index (χ1v) is 7.59. The van der Waals surface area contributed by atoms with Crippen LogP contribution in [0.25, 0.3) is 0 Å². The van der Waals surface area contributed by atoms with Crippen molar-refractivity contribution in [1.29, 1.82) is 0 Å². The van der Waals surface area contributed by atoms with Gasteiger partial charge in [-0.05, 0) is 24.7 Å². The summed E-state index contributed by atoms with van der Waals surface area (Å²) in [5, 5.41) is 0. The number of hydrogen-bond donors (Lipinski definition) is 0. The molecule has 2 heterocycles. The van der Waals surface area contributed by atoms with Gasteiger partial charge < -0.3 is 4.90 Å². The molecule has 0 aromatic heterocycles. The third-order valence-corrected chi connectivity index (χ3v) is 4.43. The molecular weight excluding hydrogens is 262 g/mol. The second-order valence-corrected chi connectivity index (χ2v) is 7.28. The van der Waals surface area contributed by atoms with Gasteiger partial charge in [-0.1, -0.05) is 20.8 Å². The first-order valence-electron chi connectivity index (χ1n) is 7.59. The second-order valence-electron chi connectivity index (χ2n) is 7.28. The molecule has 0 radical (unpaired) electrons. The zero-order valence-electron chi connectivity index (χ0n) is 12.8. The number of nitrogens with zero attached hydrogens (tertiary/aromatic N) is 2. The zero-order chi connectivity index (χ0) is 15.0. The van der Waals surface area contributed by atoms with Gasteiger partial charge in [-0.25, -0.2) is 8.78 Å². The van der Waals surface area contributed by atoms with Crippen molar-refractivity contribution >= 4 is 5.91 Å². The van der Waals surface area contributed by atoms with Crippen LogP contribution in [0.3, 0.4) is 0 Å². The molecule has 0 aliphatic carbocycles. The van der Waals surface area contributed by atoms with Crippen molar-refractivity contribution in [3.63, 3.8) is 0 Å². The van der Waals surface area contributed by atoms with Gasteiger partial charge in [0, 0.05) is 25.6 Å². The van der Waals surface area contributed by atoms with E-state index in [0.29, 0.717) is 6.54 Å². The van der Waals surface area contributed by atoms with Gasteiger partial charge in [0.05, 0.1) is 13.1 Å². The molecule has 0 aromatic carbocycles. The third-order valence-electron chi connectivity index (χ3n) is 4.43. The zero-order valence-corrected chi connectivity index (χ0v) is 12.8. The first kappa shape index (κ1) is 15.7. The van der Waals surface area contributed by atoms with Gasteiger partial charge in [0.1, 0.15) is 0 Å². The Balaban J connectivity index is 1.97. The molecular formula is C15H26F2N2O. The topological polar surface area (TPSA) is 23.6 Å². The van der Waals surface area contributed by atoms with Crippen LogP contribution in [0, 0.1) is 5.41 Å². The SMILES string of the molecule is CC(C)(C)C1CCCCN1C(=O)CN1CCC(F)(F)C1. The van der Waals surface area contributed by atoms with Crippen LogP contribution < -0.4 is 0 Å². The van der Waals surface area contributed by atoms with Crippen molar-refractivity contribution in [3.05, 3.63) is 0 Å². The van der Waals surface area contributed by atoms with E-state index >= 15 is 0 Å². The molecule has 0 saturated carbocycles. The van der Waals surface area contributed by atoms with Crippen LogP contribution in [0.2, 0.25) is 0 Å². The van der Waals surface area contributed by atoms with Crippen molar-refractivity contribution in [1.82, 2.24) is 9.80 Å². The van der Waals surface area contributed by atoms with Crippen molar-refractivity contribution in [2.75, 3.05) is 26.2 Å². The number of rotatable bonds is 2. The minimum Gasteiger partial charge on any atom is -0.338 e. The number of likely N-dealkylation sites (tertiary alicyclic amines) is 2. The Morgan fingerprint density at radius 1 is 1.25 bits per heavy atom. The molecule has 1 unspecified atom stereocenters. The average molecular weight is 288 g/mol. The summed E-state index contributed by atoms with van der Waals surface area (Å²) in [6, 6.07) is 0.229. The largest absolute Gasteiger partial charge is 0.338 e. The molecule has 1 atom stereocenters. The number of piperidine rings is 1. The van der Waals surface area contributed by atoms with Crippen LogP contribution in [0.5, 0.6) is 0 Å². The van der Waals surface area contributed by atoms with Crippen molar-refractivity contribution in [2.24, 2.45) is 5.41 Å². The Bertz CT molecular complexity index is 365. The van der Waals surface area contributed by atoms with Crippen LogP contribution in [0.1, 0.15) is 46.5 Å². The van der Waals surface area contributed by atoms with Crippen LogP contribution in [0.4, 0.5) is 8.78 Å². The summed E-state index contributed by atoms with van der Waals surface area (Å²) in [5.41, 5.74) is 0.0467. The molecule has 0 aromatic rings. The summed E-state index contributed by atoms with van der Waals surface area (Å²) in [4.78, 5) is 16.0. The molecule has 0 bridgehead atoms. The lowest BCUT2D eigenvalue weighted by molar-refractivity contribution is -0.139. The summed E-state index contributed by atoms with van der Waals surface area (Å²) >= 11 is 0. The summed E-state index contributed by atoms with van der Waals surface area (Å²) in [5.74, 6) is -2.60. The van der Waals surface area contributed by atoms with Crippen molar-refractivity contribution in [2.45, 2.75) is 58.4 Å². The summed E-state index contributed by atoms with van der Waals surface area (Å²) in [7, 11) is 0. The van der Waals surface area contributed by atoms with E-state index in [1.54, 1.807) is 4.90 Å². The van der Waals surface area contributed by atoms with Gasteiger partial charge in [0.25, 0.3) is 5.92 Å². The molecule has 2 aliphatic heterocycles. The summed E-state index contributed by atoms with van der Waals surface area (Å²) < 4.78 is 26.4. The van der Waals surface area contributed by atoms with Gasteiger partial charge in [0.2, 0.25) is 5.91 Å². The maximum atomic E-state index is 13.2. The van der Waals surface area contributed by atoms with Crippen LogP contribution in [-0.2, 0) is 4.79 Å². The molecule has 2 fully saturated rings. The molecule has 2 rings (SSSR count). The molecule has 20 heavy (non-hydrogen) atoms. The molecule has 2 saturated heterocycles. The fourth-order valence-electron chi connectivity index (χ4n) is 3.35. The molecule has 0 spiro atoms. The second kappa shape index (κ2) is 5.58. The molecule has 0 N–H and O–H groups in total. The highest BCUT2D eigenvalue weighted by Gasteiger charge is 2.40. The van der Waals surface area contributed by atoms with Gasteiger partial charge in [-0.3, -0.25) is 9.69 Å². The fraction of sp³-hybridized carbons (Fsp3) is 0.933. The highest BCUT2D eigenvalue weighted by atomic mass is 19.3. The molecule has 5 heteroatoms. The molecule has 1 amide bonds. The first-order chi connectivity index (χ1) is 9.19. The minimum atomic E-state index is -2.62. The van der Waals surface area contributed by atoms with Crippen molar-refractivity contribution < 1.29 is 13.6 Å².